The molecule has 3 aromatic rings. The number of nitrogens with two attached hydrogens (primary N) is 1. The number of nitrogens with zero attached hydrogens (tertiary/aromatic N) is 1. The number of nitrogens with one attached hydrogen (secondary N) is 1. The minimum Gasteiger partial charge on any atom is -0.493 e. The Morgan fingerprint density at radius 1 is 1.12 bits per heavy atom. The first kappa shape index (κ1) is 17.0. The largest absolute Gasteiger partial charge is 0.493 e. The highest BCUT2D eigenvalue weighted by molar-refractivity contribution is 5.81. The molecule has 3 N–H and O–H groups in total. The molecule has 0 fully saturated rings. The molecular formula is C19H22N3O3+. The van der Waals surface area contributed by atoms with Crippen molar-refractivity contribution in [2.24, 2.45) is 0 Å². The van der Waals surface area contributed by atoms with Gasteiger partial charge >= 0.3 is 0 Å². The number of fused-ring (bicyclic) bond motifs is 1. The molecular weight excluding hydrogens is 318 g/mol. The molecule has 0 amide bonds. The number of hydrogen-bond donors (Lipinski definition) is 2. The van der Waals surface area contributed by atoms with E-state index in [1.165, 1.54) is 5.56 Å². The first-order valence-electron chi connectivity index (χ1n) is 8.15. The molecule has 25 heavy (non-hydrogen) atoms. The molecule has 1 heterocycles. The maximum absolute atomic E-state index is 12.4. The van der Waals surface area contributed by atoms with Gasteiger partial charge in [0.1, 0.15) is 12.6 Å². The average molecular weight is 340 g/mol. The van der Waals surface area contributed by atoms with E-state index in [1.54, 1.807) is 26.4 Å². The molecule has 3 rings (SSSR count). The predicted octanol–water partition coefficient (Wildman–Crippen LogP) is 1.76. The minimum absolute atomic E-state index is 0.179. The van der Waals surface area contributed by atoms with Crippen LogP contribution in [0, 0.1) is 0 Å². The third kappa shape index (κ3) is 3.64. The highest BCUT2D eigenvalue weighted by Gasteiger charge is 2.13. The molecule has 0 aliphatic carbocycles. The van der Waals surface area contributed by atoms with Crippen molar-refractivity contribution < 1.29 is 14.8 Å². The highest BCUT2D eigenvalue weighted by Crippen LogP contribution is 2.29. The summed E-state index contributed by atoms with van der Waals surface area (Å²) >= 11 is 0. The summed E-state index contributed by atoms with van der Waals surface area (Å²) < 4.78 is 10.5. The first-order valence-corrected chi connectivity index (χ1v) is 8.15. The fraction of sp³-hybridized carbons (Fsp3) is 0.263. The van der Waals surface area contributed by atoms with E-state index in [4.69, 9.17) is 9.47 Å². The van der Waals surface area contributed by atoms with Gasteiger partial charge < -0.3 is 19.8 Å². The molecule has 130 valence electrons. The molecule has 0 saturated heterocycles. The van der Waals surface area contributed by atoms with Crippen LogP contribution in [0.25, 0.3) is 10.9 Å². The van der Waals surface area contributed by atoms with E-state index in [0.29, 0.717) is 34.8 Å². The molecule has 6 nitrogen and oxygen atoms in total. The monoisotopic (exact) mass is 340 g/mol. The van der Waals surface area contributed by atoms with E-state index >= 15 is 0 Å². The number of ether oxygens (including phenoxy) is 2. The molecule has 0 spiro atoms. The number of hydrogen-bond acceptors (Lipinski definition) is 4. The fourth-order valence-electron chi connectivity index (χ4n) is 2.79. The molecule has 0 aliphatic rings. The van der Waals surface area contributed by atoms with Crippen LogP contribution >= 0.6 is 0 Å². The summed E-state index contributed by atoms with van der Waals surface area (Å²) in [7, 11) is 3.10. The van der Waals surface area contributed by atoms with Crippen LogP contribution in [0.4, 0.5) is 0 Å². The van der Waals surface area contributed by atoms with Crippen LogP contribution in [-0.4, -0.2) is 24.2 Å². The molecule has 1 aromatic heterocycles. The first-order chi connectivity index (χ1) is 12.1. The zero-order valence-electron chi connectivity index (χ0n) is 14.6. The third-order valence-electron chi connectivity index (χ3n) is 4.25. The van der Waals surface area contributed by atoms with Gasteiger partial charge in [-0.05, 0) is 13.0 Å². The third-order valence-corrected chi connectivity index (χ3v) is 4.25. The van der Waals surface area contributed by atoms with Crippen molar-refractivity contribution in [3.8, 4) is 11.5 Å². The van der Waals surface area contributed by atoms with Gasteiger partial charge in [-0.15, -0.1) is 0 Å². The van der Waals surface area contributed by atoms with Crippen LogP contribution in [0.15, 0.2) is 47.3 Å². The van der Waals surface area contributed by atoms with Gasteiger partial charge in [0.05, 0.1) is 25.1 Å². The van der Waals surface area contributed by atoms with Crippen molar-refractivity contribution in [2.75, 3.05) is 14.2 Å². The molecule has 1 atom stereocenters. The second-order valence-corrected chi connectivity index (χ2v) is 5.88. The Bertz CT molecular complexity index is 922. The van der Waals surface area contributed by atoms with Crippen molar-refractivity contribution in [1.82, 2.24) is 9.97 Å². The molecule has 0 bridgehead atoms. The smallest absolute Gasteiger partial charge is 0.259 e. The van der Waals surface area contributed by atoms with E-state index in [2.05, 4.69) is 34.3 Å². The Morgan fingerprint density at radius 3 is 2.48 bits per heavy atom. The molecule has 0 radical (unpaired) electrons. The van der Waals surface area contributed by atoms with Crippen LogP contribution in [-0.2, 0) is 6.54 Å². The van der Waals surface area contributed by atoms with E-state index in [1.807, 2.05) is 18.2 Å². The number of aromatic nitrogens is 2. The number of quaternary nitrogens is 1. The van der Waals surface area contributed by atoms with Gasteiger partial charge in [-0.1, -0.05) is 30.3 Å². The van der Waals surface area contributed by atoms with Gasteiger partial charge in [-0.2, -0.15) is 0 Å². The van der Waals surface area contributed by atoms with Gasteiger partial charge in [0, 0.05) is 11.6 Å². The number of rotatable bonds is 6. The summed E-state index contributed by atoms with van der Waals surface area (Å²) in [5, 5.41) is 2.62. The Kier molecular flexibility index (Phi) is 5.00. The molecule has 2 aromatic carbocycles. The zero-order chi connectivity index (χ0) is 17.8. The van der Waals surface area contributed by atoms with Crippen molar-refractivity contribution >= 4 is 10.9 Å². The zero-order valence-corrected chi connectivity index (χ0v) is 14.6. The van der Waals surface area contributed by atoms with Crippen molar-refractivity contribution in [1.29, 1.82) is 0 Å². The lowest BCUT2D eigenvalue weighted by atomic mass is 10.1. The average Bonchev–Trinajstić information content (AvgIpc) is 2.65. The summed E-state index contributed by atoms with van der Waals surface area (Å²) in [4.78, 5) is 19.8. The van der Waals surface area contributed by atoms with Gasteiger partial charge in [-0.3, -0.25) is 4.79 Å². The van der Waals surface area contributed by atoms with Crippen LogP contribution in [0.2, 0.25) is 0 Å². The summed E-state index contributed by atoms with van der Waals surface area (Å²) in [6.45, 7) is 2.71. The summed E-state index contributed by atoms with van der Waals surface area (Å²) in [6.07, 6.45) is 0. The Morgan fingerprint density at radius 2 is 1.80 bits per heavy atom. The van der Waals surface area contributed by atoms with Gasteiger partial charge in [-0.25, -0.2) is 4.98 Å². The van der Waals surface area contributed by atoms with Crippen molar-refractivity contribution in [3.05, 3.63) is 64.2 Å². The van der Waals surface area contributed by atoms with Gasteiger partial charge in [0.2, 0.25) is 0 Å². The standard InChI is InChI=1S/C19H21N3O3/c1-12(13-7-5-4-6-8-13)20-11-18-21-15-10-17(25-3)16(24-2)9-14(15)19(23)22-18/h4-10,12,20H,11H2,1-3H3,(H,21,22,23)/p+1/t12-/m0/s1. The molecule has 0 saturated carbocycles. The van der Waals surface area contributed by atoms with Crippen molar-refractivity contribution in [3.63, 3.8) is 0 Å². The predicted molar refractivity (Wildman–Crippen MR) is 96.0 cm³/mol. The normalized spacial score (nSPS) is 12.1. The second kappa shape index (κ2) is 7.36. The summed E-state index contributed by atoms with van der Waals surface area (Å²) in [6, 6.07) is 13.9. The number of aromatic amines is 1. The highest BCUT2D eigenvalue weighted by atomic mass is 16.5. The number of methoxy groups -OCH3 is 2. The van der Waals surface area contributed by atoms with Crippen LogP contribution in [0.5, 0.6) is 11.5 Å². The summed E-state index contributed by atoms with van der Waals surface area (Å²) in [5.41, 5.74) is 1.65. The van der Waals surface area contributed by atoms with Gasteiger partial charge in [0.15, 0.2) is 17.3 Å². The molecule has 0 aliphatic heterocycles. The van der Waals surface area contributed by atoms with E-state index in [9.17, 15) is 4.79 Å². The van der Waals surface area contributed by atoms with Crippen molar-refractivity contribution in [2.45, 2.75) is 19.5 Å². The Labute approximate surface area is 145 Å². The van der Waals surface area contributed by atoms with Crippen LogP contribution in [0.1, 0.15) is 24.4 Å². The van der Waals surface area contributed by atoms with Gasteiger partial charge in [0.25, 0.3) is 5.56 Å². The van der Waals surface area contributed by atoms with E-state index in [-0.39, 0.29) is 11.6 Å². The van der Waals surface area contributed by atoms with Crippen LogP contribution < -0.4 is 20.3 Å². The number of H-pyrrole nitrogens is 1. The second-order valence-electron chi connectivity index (χ2n) is 5.88. The van der Waals surface area contributed by atoms with E-state index < -0.39 is 0 Å². The number of benzene rings is 2. The van der Waals surface area contributed by atoms with Crippen LogP contribution in [0.3, 0.4) is 0 Å². The lowest BCUT2D eigenvalue weighted by Crippen LogP contribution is -2.83. The minimum atomic E-state index is -0.179. The summed E-state index contributed by atoms with van der Waals surface area (Å²) in [5.74, 6) is 1.70. The maximum Gasteiger partial charge on any atom is 0.259 e. The molecule has 6 heteroatoms. The quantitative estimate of drug-likeness (QED) is 0.716. The Hall–Kier alpha value is -2.86. The lowest BCUT2D eigenvalue weighted by Gasteiger charge is -2.11. The SMILES string of the molecule is COc1cc2nc(C[NH2+][C@@H](C)c3ccccc3)[nH]c(=O)c2cc1OC. The molecule has 0 unspecified atom stereocenters. The van der Waals surface area contributed by atoms with E-state index in [0.717, 1.165) is 0 Å². The lowest BCUT2D eigenvalue weighted by molar-refractivity contribution is -0.708. The topological polar surface area (TPSA) is 80.8 Å². The maximum atomic E-state index is 12.4. The fourth-order valence-corrected chi connectivity index (χ4v) is 2.79. The Balaban J connectivity index is 1.86.